The van der Waals surface area contributed by atoms with Crippen molar-refractivity contribution in [1.82, 2.24) is 0 Å². The Labute approximate surface area is 101 Å². The third-order valence-electron chi connectivity index (χ3n) is 3.50. The molecule has 2 rings (SSSR count). The van der Waals surface area contributed by atoms with Crippen LogP contribution in [-0.2, 0) is 6.42 Å². The van der Waals surface area contributed by atoms with Crippen LogP contribution in [0.5, 0.6) is 0 Å². The quantitative estimate of drug-likeness (QED) is 0.842. The predicted molar refractivity (Wildman–Crippen MR) is 65.0 cm³/mol. The second-order valence-corrected chi connectivity index (χ2v) is 5.66. The maximum absolute atomic E-state index is 13.6. The summed E-state index contributed by atoms with van der Waals surface area (Å²) in [5.74, 6) is -0.161. The van der Waals surface area contributed by atoms with Crippen molar-refractivity contribution >= 4 is 11.6 Å². The molecular weight excluding hydrogens is 225 g/mol. The van der Waals surface area contributed by atoms with E-state index >= 15 is 0 Å². The summed E-state index contributed by atoms with van der Waals surface area (Å²) in [6.07, 6.45) is 3.81. The topological polar surface area (TPSA) is 26.0 Å². The van der Waals surface area contributed by atoms with Crippen molar-refractivity contribution in [3.63, 3.8) is 0 Å². The Morgan fingerprint density at radius 1 is 1.56 bits per heavy atom. The first-order chi connectivity index (χ1) is 7.48. The van der Waals surface area contributed by atoms with E-state index in [1.165, 1.54) is 6.07 Å². The van der Waals surface area contributed by atoms with Gasteiger partial charge in [0.2, 0.25) is 0 Å². The molecule has 0 radical (unpaired) electrons. The van der Waals surface area contributed by atoms with Crippen LogP contribution in [0.1, 0.15) is 31.7 Å². The summed E-state index contributed by atoms with van der Waals surface area (Å²) in [4.78, 5) is 0. The predicted octanol–water partition coefficient (Wildman–Crippen LogP) is 3.54. The molecule has 0 aliphatic heterocycles. The second kappa shape index (κ2) is 4.34. The minimum Gasteiger partial charge on any atom is -0.328 e. The van der Waals surface area contributed by atoms with Crippen molar-refractivity contribution < 1.29 is 4.39 Å². The van der Waals surface area contributed by atoms with Gasteiger partial charge in [0.1, 0.15) is 5.82 Å². The van der Waals surface area contributed by atoms with E-state index in [2.05, 4.69) is 6.92 Å². The summed E-state index contributed by atoms with van der Waals surface area (Å²) >= 11 is 5.88. The fourth-order valence-corrected chi connectivity index (χ4v) is 2.86. The fraction of sp³-hybridized carbons (Fsp3) is 0.538. The summed E-state index contributed by atoms with van der Waals surface area (Å²) < 4.78 is 13.6. The SMILES string of the molecule is CC1(Cc2cc(Cl)ccc2F)CCC(N)C1. The van der Waals surface area contributed by atoms with E-state index in [0.717, 1.165) is 25.7 Å². The molecule has 1 aromatic rings. The van der Waals surface area contributed by atoms with Gasteiger partial charge in [-0.15, -0.1) is 0 Å². The van der Waals surface area contributed by atoms with Crippen LogP contribution in [0.2, 0.25) is 5.02 Å². The summed E-state index contributed by atoms with van der Waals surface area (Å²) in [5, 5.41) is 0.599. The van der Waals surface area contributed by atoms with Crippen LogP contribution in [0, 0.1) is 11.2 Å². The third-order valence-corrected chi connectivity index (χ3v) is 3.73. The summed E-state index contributed by atoms with van der Waals surface area (Å²) in [6, 6.07) is 5.03. The van der Waals surface area contributed by atoms with Crippen molar-refractivity contribution in [2.75, 3.05) is 0 Å². The molecule has 2 atom stereocenters. The third kappa shape index (κ3) is 2.55. The maximum atomic E-state index is 13.6. The van der Waals surface area contributed by atoms with Gasteiger partial charge in [0.15, 0.2) is 0 Å². The molecule has 1 nitrogen and oxygen atoms in total. The van der Waals surface area contributed by atoms with Gasteiger partial charge < -0.3 is 5.73 Å². The molecule has 3 heteroatoms. The Balaban J connectivity index is 2.17. The highest BCUT2D eigenvalue weighted by atomic mass is 35.5. The molecule has 1 aromatic carbocycles. The van der Waals surface area contributed by atoms with Gasteiger partial charge in [-0.3, -0.25) is 0 Å². The molecule has 2 unspecified atom stereocenters. The van der Waals surface area contributed by atoms with Gasteiger partial charge in [-0.2, -0.15) is 0 Å². The van der Waals surface area contributed by atoms with Gasteiger partial charge >= 0.3 is 0 Å². The largest absolute Gasteiger partial charge is 0.328 e. The number of benzene rings is 1. The zero-order valence-electron chi connectivity index (χ0n) is 9.47. The van der Waals surface area contributed by atoms with E-state index in [4.69, 9.17) is 17.3 Å². The number of hydrogen-bond donors (Lipinski definition) is 1. The summed E-state index contributed by atoms with van der Waals surface area (Å²) in [7, 11) is 0. The van der Waals surface area contributed by atoms with E-state index in [0.29, 0.717) is 10.6 Å². The fourth-order valence-electron chi connectivity index (χ4n) is 2.67. The normalized spacial score (nSPS) is 29.6. The molecule has 0 heterocycles. The molecule has 1 aliphatic carbocycles. The average Bonchev–Trinajstić information content (AvgIpc) is 2.52. The maximum Gasteiger partial charge on any atom is 0.126 e. The second-order valence-electron chi connectivity index (χ2n) is 5.23. The molecule has 0 spiro atoms. The molecule has 1 saturated carbocycles. The Morgan fingerprint density at radius 2 is 2.31 bits per heavy atom. The average molecular weight is 242 g/mol. The molecule has 2 N–H and O–H groups in total. The lowest BCUT2D eigenvalue weighted by atomic mass is 9.82. The van der Waals surface area contributed by atoms with Crippen molar-refractivity contribution in [1.29, 1.82) is 0 Å². The Hall–Kier alpha value is -0.600. The van der Waals surface area contributed by atoms with Crippen LogP contribution >= 0.6 is 11.6 Å². The van der Waals surface area contributed by atoms with Crippen LogP contribution in [0.15, 0.2) is 18.2 Å². The first-order valence-corrected chi connectivity index (χ1v) is 6.06. The van der Waals surface area contributed by atoms with Gasteiger partial charge in [-0.1, -0.05) is 18.5 Å². The van der Waals surface area contributed by atoms with Gasteiger partial charge in [0, 0.05) is 11.1 Å². The molecule has 16 heavy (non-hydrogen) atoms. The highest BCUT2D eigenvalue weighted by Gasteiger charge is 2.33. The highest BCUT2D eigenvalue weighted by molar-refractivity contribution is 6.30. The molecule has 0 bridgehead atoms. The molecule has 0 saturated heterocycles. The van der Waals surface area contributed by atoms with Gasteiger partial charge in [0.05, 0.1) is 0 Å². The van der Waals surface area contributed by atoms with Crippen molar-refractivity contribution in [2.24, 2.45) is 11.1 Å². The monoisotopic (exact) mass is 241 g/mol. The minimum atomic E-state index is -0.161. The zero-order valence-corrected chi connectivity index (χ0v) is 10.2. The number of hydrogen-bond acceptors (Lipinski definition) is 1. The smallest absolute Gasteiger partial charge is 0.126 e. The lowest BCUT2D eigenvalue weighted by Gasteiger charge is -2.24. The van der Waals surface area contributed by atoms with Crippen LogP contribution in [-0.4, -0.2) is 6.04 Å². The van der Waals surface area contributed by atoms with Crippen molar-refractivity contribution in [3.05, 3.63) is 34.6 Å². The molecule has 0 amide bonds. The van der Waals surface area contributed by atoms with E-state index in [1.807, 2.05) is 0 Å². The highest BCUT2D eigenvalue weighted by Crippen LogP contribution is 2.40. The standard InChI is InChI=1S/C13H17ClFN/c1-13(5-4-11(16)8-13)7-9-6-10(14)2-3-12(9)15/h2-3,6,11H,4-5,7-8,16H2,1H3. The number of rotatable bonds is 2. The summed E-state index contributed by atoms with van der Waals surface area (Å²) in [6.45, 7) is 2.18. The first kappa shape index (κ1) is 11.9. The van der Waals surface area contributed by atoms with Crippen LogP contribution in [0.25, 0.3) is 0 Å². The Kier molecular flexibility index (Phi) is 3.22. The van der Waals surface area contributed by atoms with Crippen LogP contribution in [0.3, 0.4) is 0 Å². The van der Waals surface area contributed by atoms with Crippen LogP contribution < -0.4 is 5.73 Å². The number of halogens is 2. The zero-order chi connectivity index (χ0) is 11.8. The molecule has 0 aromatic heterocycles. The molecule has 88 valence electrons. The van der Waals surface area contributed by atoms with Gasteiger partial charge in [0.25, 0.3) is 0 Å². The van der Waals surface area contributed by atoms with Crippen molar-refractivity contribution in [2.45, 2.75) is 38.6 Å². The van der Waals surface area contributed by atoms with E-state index in [-0.39, 0.29) is 17.3 Å². The summed E-state index contributed by atoms with van der Waals surface area (Å²) in [5.41, 5.74) is 6.75. The molecular formula is C13H17ClFN. The Bertz CT molecular complexity index is 394. The molecule has 1 aliphatic rings. The lowest BCUT2D eigenvalue weighted by molar-refractivity contribution is 0.324. The van der Waals surface area contributed by atoms with Gasteiger partial charge in [-0.05, 0) is 54.9 Å². The lowest BCUT2D eigenvalue weighted by Crippen LogP contribution is -2.21. The Morgan fingerprint density at radius 3 is 2.94 bits per heavy atom. The van der Waals surface area contributed by atoms with E-state index in [1.54, 1.807) is 12.1 Å². The van der Waals surface area contributed by atoms with E-state index in [9.17, 15) is 4.39 Å². The van der Waals surface area contributed by atoms with Crippen molar-refractivity contribution in [3.8, 4) is 0 Å². The number of nitrogens with two attached hydrogens (primary N) is 1. The van der Waals surface area contributed by atoms with Gasteiger partial charge in [-0.25, -0.2) is 4.39 Å². The van der Waals surface area contributed by atoms with Crippen LogP contribution in [0.4, 0.5) is 4.39 Å². The minimum absolute atomic E-state index is 0.130. The first-order valence-electron chi connectivity index (χ1n) is 5.68. The molecule has 1 fully saturated rings. The van der Waals surface area contributed by atoms with E-state index < -0.39 is 0 Å².